The summed E-state index contributed by atoms with van der Waals surface area (Å²) in [7, 11) is 0. The highest BCUT2D eigenvalue weighted by Gasteiger charge is 2.16. The Balaban J connectivity index is 1.13. The SMILES string of the molecule is C(=C\c1ccc(-n2c3ccccc3c3ccccc32)cc1)/c1ccc(C(=C(c2ccccc2)c2ccccc2)c2ccccc2)cc1. The molecule has 7 aromatic carbocycles. The molecule has 0 unspecified atom stereocenters. The summed E-state index contributed by atoms with van der Waals surface area (Å²) in [6.07, 6.45) is 4.39. The summed E-state index contributed by atoms with van der Waals surface area (Å²) in [5, 5.41) is 2.56. The van der Waals surface area contributed by atoms with Crippen LogP contribution in [0, 0.1) is 0 Å². The van der Waals surface area contributed by atoms with E-state index >= 15 is 0 Å². The fourth-order valence-electron chi connectivity index (χ4n) is 6.61. The molecule has 1 heteroatoms. The van der Waals surface area contributed by atoms with Gasteiger partial charge in [-0.05, 0) is 68.8 Å². The molecule has 8 rings (SSSR count). The number of nitrogens with zero attached hydrogens (tertiary/aromatic N) is 1. The smallest absolute Gasteiger partial charge is 0.0541 e. The zero-order chi connectivity index (χ0) is 31.4. The summed E-state index contributed by atoms with van der Waals surface area (Å²) in [6, 6.07) is 67.2. The average Bonchev–Trinajstić information content (AvgIpc) is 3.49. The van der Waals surface area contributed by atoms with Gasteiger partial charge in [-0.1, -0.05) is 176 Å². The van der Waals surface area contributed by atoms with E-state index in [0.29, 0.717) is 0 Å². The first-order chi connectivity index (χ1) is 23.3. The van der Waals surface area contributed by atoms with Crippen molar-refractivity contribution in [2.45, 2.75) is 0 Å². The van der Waals surface area contributed by atoms with Gasteiger partial charge >= 0.3 is 0 Å². The molecule has 0 aliphatic heterocycles. The van der Waals surface area contributed by atoms with Gasteiger partial charge in [-0.15, -0.1) is 0 Å². The van der Waals surface area contributed by atoms with E-state index in [2.05, 4.69) is 205 Å². The van der Waals surface area contributed by atoms with Gasteiger partial charge in [0.2, 0.25) is 0 Å². The Labute approximate surface area is 276 Å². The van der Waals surface area contributed by atoms with Crippen LogP contribution in [0.1, 0.15) is 33.4 Å². The topological polar surface area (TPSA) is 4.93 Å². The number of rotatable bonds is 7. The summed E-state index contributed by atoms with van der Waals surface area (Å²) in [5.74, 6) is 0. The zero-order valence-corrected chi connectivity index (χ0v) is 26.0. The molecule has 1 nitrogen and oxygen atoms in total. The van der Waals surface area contributed by atoms with Crippen molar-refractivity contribution in [1.82, 2.24) is 4.57 Å². The molecule has 0 fully saturated rings. The van der Waals surface area contributed by atoms with E-state index in [-0.39, 0.29) is 0 Å². The van der Waals surface area contributed by atoms with E-state index in [1.807, 2.05) is 0 Å². The molecule has 222 valence electrons. The van der Waals surface area contributed by atoms with Crippen molar-refractivity contribution in [2.75, 3.05) is 0 Å². The minimum Gasteiger partial charge on any atom is -0.309 e. The predicted octanol–water partition coefficient (Wildman–Crippen LogP) is 12.0. The third-order valence-electron chi connectivity index (χ3n) is 8.84. The Morgan fingerprint density at radius 3 is 1.09 bits per heavy atom. The first-order valence-electron chi connectivity index (χ1n) is 16.1. The zero-order valence-electron chi connectivity index (χ0n) is 26.0. The lowest BCUT2D eigenvalue weighted by Gasteiger charge is -2.18. The predicted molar refractivity (Wildman–Crippen MR) is 200 cm³/mol. The molecule has 1 aromatic heterocycles. The fraction of sp³-hybridized carbons (Fsp3) is 0. The van der Waals surface area contributed by atoms with E-state index in [1.54, 1.807) is 0 Å². The van der Waals surface area contributed by atoms with Crippen LogP contribution in [0.4, 0.5) is 0 Å². The van der Waals surface area contributed by atoms with Gasteiger partial charge in [-0.3, -0.25) is 0 Å². The van der Waals surface area contributed by atoms with Crippen molar-refractivity contribution in [3.8, 4) is 5.69 Å². The summed E-state index contributed by atoms with van der Waals surface area (Å²) in [5.41, 5.74) is 13.2. The Morgan fingerprint density at radius 2 is 0.660 bits per heavy atom. The number of aromatic nitrogens is 1. The highest BCUT2D eigenvalue weighted by atomic mass is 15.0. The van der Waals surface area contributed by atoms with Crippen molar-refractivity contribution < 1.29 is 0 Å². The number of hydrogen-bond acceptors (Lipinski definition) is 0. The Bertz CT molecular complexity index is 2250. The lowest BCUT2D eigenvalue weighted by atomic mass is 9.85. The highest BCUT2D eigenvalue weighted by Crippen LogP contribution is 2.37. The van der Waals surface area contributed by atoms with Crippen LogP contribution in [0.25, 0.3) is 50.8 Å². The van der Waals surface area contributed by atoms with Crippen LogP contribution in [0.3, 0.4) is 0 Å². The number of para-hydroxylation sites is 2. The molecule has 0 radical (unpaired) electrons. The first kappa shape index (κ1) is 28.3. The van der Waals surface area contributed by atoms with Crippen molar-refractivity contribution in [3.63, 3.8) is 0 Å². The van der Waals surface area contributed by atoms with Gasteiger partial charge < -0.3 is 4.57 Å². The van der Waals surface area contributed by atoms with Crippen LogP contribution >= 0.6 is 0 Å². The molecule has 0 aliphatic rings. The van der Waals surface area contributed by atoms with Gasteiger partial charge in [0.1, 0.15) is 0 Å². The maximum atomic E-state index is 2.36. The summed E-state index contributed by atoms with van der Waals surface area (Å²) < 4.78 is 2.36. The maximum Gasteiger partial charge on any atom is 0.0541 e. The van der Waals surface area contributed by atoms with E-state index in [9.17, 15) is 0 Å². The number of hydrogen-bond donors (Lipinski definition) is 0. The molecule has 0 saturated carbocycles. The fourth-order valence-corrected chi connectivity index (χ4v) is 6.61. The van der Waals surface area contributed by atoms with Crippen molar-refractivity contribution in [2.24, 2.45) is 0 Å². The summed E-state index contributed by atoms with van der Waals surface area (Å²) in [6.45, 7) is 0. The van der Waals surface area contributed by atoms with Gasteiger partial charge in [0.25, 0.3) is 0 Å². The van der Waals surface area contributed by atoms with E-state index in [4.69, 9.17) is 0 Å². The van der Waals surface area contributed by atoms with Crippen LogP contribution in [0.15, 0.2) is 188 Å². The van der Waals surface area contributed by atoms with Crippen LogP contribution in [-0.4, -0.2) is 4.57 Å². The van der Waals surface area contributed by atoms with Crippen LogP contribution in [0.2, 0.25) is 0 Å². The van der Waals surface area contributed by atoms with Crippen molar-refractivity contribution >= 4 is 45.1 Å². The minimum absolute atomic E-state index is 1.16. The van der Waals surface area contributed by atoms with Crippen LogP contribution in [0.5, 0.6) is 0 Å². The quantitative estimate of drug-likeness (QED) is 0.161. The van der Waals surface area contributed by atoms with E-state index in [0.717, 1.165) is 11.3 Å². The molecule has 0 spiro atoms. The lowest BCUT2D eigenvalue weighted by Crippen LogP contribution is -1.97. The van der Waals surface area contributed by atoms with Gasteiger partial charge in [0.05, 0.1) is 11.0 Å². The minimum atomic E-state index is 1.16. The monoisotopic (exact) mass is 599 g/mol. The molecule has 0 bridgehead atoms. The van der Waals surface area contributed by atoms with Gasteiger partial charge in [0, 0.05) is 16.5 Å². The average molecular weight is 600 g/mol. The number of fused-ring (bicyclic) bond motifs is 3. The van der Waals surface area contributed by atoms with E-state index < -0.39 is 0 Å². The lowest BCUT2D eigenvalue weighted by molar-refractivity contribution is 1.18. The Morgan fingerprint density at radius 1 is 0.319 bits per heavy atom. The summed E-state index contributed by atoms with van der Waals surface area (Å²) >= 11 is 0. The molecule has 1 heterocycles. The highest BCUT2D eigenvalue weighted by molar-refractivity contribution is 6.09. The summed E-state index contributed by atoms with van der Waals surface area (Å²) in [4.78, 5) is 0. The largest absolute Gasteiger partial charge is 0.309 e. The van der Waals surface area contributed by atoms with Crippen molar-refractivity contribution in [1.29, 1.82) is 0 Å². The molecular formula is C46H33N. The second-order valence-electron chi connectivity index (χ2n) is 11.8. The molecule has 0 amide bonds. The molecule has 0 N–H and O–H groups in total. The number of benzene rings is 7. The molecular weight excluding hydrogens is 567 g/mol. The van der Waals surface area contributed by atoms with Gasteiger partial charge in [0.15, 0.2) is 0 Å². The molecule has 8 aromatic rings. The second-order valence-corrected chi connectivity index (χ2v) is 11.8. The van der Waals surface area contributed by atoms with Gasteiger partial charge in [-0.25, -0.2) is 0 Å². The molecule has 0 atom stereocenters. The molecule has 47 heavy (non-hydrogen) atoms. The van der Waals surface area contributed by atoms with Crippen LogP contribution < -0.4 is 0 Å². The maximum absolute atomic E-state index is 2.36. The standard InChI is InChI=1S/C46H33N/c1-4-14-36(15-5-1)45(37-16-6-2-7-17-37)46(38-18-8-3-9-19-38)39-30-26-34(27-31-39)24-25-35-28-32-40(33-29-35)47-43-22-12-10-20-41(43)42-21-11-13-23-44(42)47/h1-33H/b25-24+. The normalized spacial score (nSPS) is 11.3. The molecule has 0 saturated heterocycles. The third-order valence-corrected chi connectivity index (χ3v) is 8.84. The second kappa shape index (κ2) is 12.7. The van der Waals surface area contributed by atoms with Crippen molar-refractivity contribution in [3.05, 3.63) is 221 Å². The first-order valence-corrected chi connectivity index (χ1v) is 16.1. The Hall–Kier alpha value is -6.18. The van der Waals surface area contributed by atoms with Gasteiger partial charge in [-0.2, -0.15) is 0 Å². The third kappa shape index (κ3) is 5.60. The Kier molecular flexibility index (Phi) is 7.63. The van der Waals surface area contributed by atoms with E-state index in [1.165, 1.54) is 60.8 Å². The molecule has 0 aliphatic carbocycles. The van der Waals surface area contributed by atoms with Crippen LogP contribution in [-0.2, 0) is 0 Å².